The van der Waals surface area contributed by atoms with E-state index in [-0.39, 0.29) is 64.8 Å². The second-order valence-electron chi connectivity index (χ2n) is 40.6. The highest BCUT2D eigenvalue weighted by Crippen LogP contribution is 2.49. The summed E-state index contributed by atoms with van der Waals surface area (Å²) in [6.07, 6.45) is 0. The molecule has 0 saturated heterocycles. The molecule has 137 heavy (non-hydrogen) atoms. The average Bonchev–Trinajstić information content (AvgIpc) is 1.54. The summed E-state index contributed by atoms with van der Waals surface area (Å²) in [6, 6.07) is 132. The van der Waals surface area contributed by atoms with Crippen LogP contribution in [0.25, 0.3) is 226 Å². The van der Waals surface area contributed by atoms with E-state index in [4.69, 9.17) is 4.42 Å². The van der Waals surface area contributed by atoms with Crippen molar-refractivity contribution in [2.75, 3.05) is 0 Å². The highest BCUT2D eigenvalue weighted by Gasteiger charge is 2.30. The number of hydrogen-bond donors (Lipinski definition) is 0. The van der Waals surface area contributed by atoms with Crippen molar-refractivity contribution in [2.45, 2.75) is 169 Å². The van der Waals surface area contributed by atoms with Crippen LogP contribution in [0.2, 0.25) is 0 Å². The number of thiophene rings is 2. The lowest BCUT2D eigenvalue weighted by Crippen LogP contribution is -2.21. The summed E-state index contributed by atoms with van der Waals surface area (Å²) in [5, 5.41) is 26.2. The zero-order valence-electron chi connectivity index (χ0n) is 77.5. The topological polar surface area (TPSA) is 47.6 Å². The second-order valence-corrected chi connectivity index (χ2v) is 42.7. The fourth-order valence-electron chi connectivity index (χ4n) is 21.8. The van der Waals surface area contributed by atoms with Gasteiger partial charge in [-0.15, -0.1) is 22.7 Å². The van der Waals surface area contributed by atoms with Crippen molar-refractivity contribution in [1.82, 2.24) is 32.0 Å². The lowest BCUT2D eigenvalue weighted by Gasteiger charge is -2.25. The number of rotatable bonds is 2. The maximum Gasteiger partial charge on any atom is 0.136 e. The van der Waals surface area contributed by atoms with Gasteiger partial charge in [0.1, 0.15) is 11.2 Å². The fraction of sp³-hybridized carbons (Fsp3) is 0.197. The third-order valence-corrected chi connectivity index (χ3v) is 29.2. The van der Waals surface area contributed by atoms with Gasteiger partial charge in [-0.2, -0.15) is 0 Å². The van der Waals surface area contributed by atoms with E-state index in [0.717, 1.165) is 11.2 Å². The maximum atomic E-state index is 6.10. The molecule has 0 unspecified atom stereocenters. The number of benzene rings is 17. The van der Waals surface area contributed by atoms with Crippen molar-refractivity contribution in [3.05, 3.63) is 364 Å². The molecule has 10 heteroatoms. The molecular weight excluding hydrogens is 1700 g/mol. The Bertz CT molecular complexity index is 9060. The fourth-order valence-corrected chi connectivity index (χ4v) is 24.2. The minimum Gasteiger partial charge on any atom is -0.456 e. The van der Waals surface area contributed by atoms with Crippen molar-refractivity contribution in [1.29, 1.82) is 0 Å². The van der Waals surface area contributed by atoms with Gasteiger partial charge in [-0.1, -0.05) is 280 Å². The quantitative estimate of drug-likeness (QED) is 0.170. The molecule has 0 atom stereocenters. The van der Waals surface area contributed by atoms with Gasteiger partial charge >= 0.3 is 0 Å². The first-order chi connectivity index (χ1) is 63.7. The van der Waals surface area contributed by atoms with E-state index in [1.54, 1.807) is 0 Å². The molecule has 8 nitrogen and oxygen atoms in total. The van der Waals surface area contributed by atoms with Gasteiger partial charge in [0, 0.05) is 188 Å². The van der Waals surface area contributed by atoms with Crippen LogP contribution in [0.5, 0.6) is 0 Å². The monoisotopic (exact) mass is 1830 g/mol. The highest BCUT2D eigenvalue weighted by molar-refractivity contribution is 7.27. The van der Waals surface area contributed by atoms with Gasteiger partial charge < -0.3 is 36.4 Å². The van der Waals surface area contributed by atoms with E-state index in [9.17, 15) is 0 Å². The predicted octanol–water partition coefficient (Wildman–Crippen LogP) is 38.8. The Kier molecular flexibility index (Phi) is 23.6. The lowest BCUT2D eigenvalue weighted by atomic mass is 10.1. The molecule has 0 N–H and O–H groups in total. The molecule has 0 fully saturated rings. The largest absolute Gasteiger partial charge is 0.456 e. The van der Waals surface area contributed by atoms with Crippen molar-refractivity contribution >= 4 is 238 Å². The van der Waals surface area contributed by atoms with Gasteiger partial charge in [-0.05, 0) is 225 Å². The molecule has 10 heterocycles. The van der Waals surface area contributed by atoms with E-state index in [1.807, 2.05) is 34.8 Å². The Morgan fingerprint density at radius 3 is 0.934 bits per heavy atom. The van der Waals surface area contributed by atoms with Crippen LogP contribution in [0.3, 0.4) is 0 Å². The molecule has 10 aromatic heterocycles. The van der Waals surface area contributed by atoms with Crippen molar-refractivity contribution in [2.24, 2.45) is 0 Å². The van der Waals surface area contributed by atoms with Crippen LogP contribution in [0.4, 0.5) is 0 Å². The average molecular weight is 1830 g/mol. The first kappa shape index (κ1) is 93.0. The highest BCUT2D eigenvalue weighted by atomic mass is 32.1. The van der Waals surface area contributed by atoms with Crippen LogP contribution in [0, 0.1) is 0 Å². The van der Waals surface area contributed by atoms with E-state index in [2.05, 4.69) is 488 Å². The zero-order chi connectivity index (χ0) is 90.3. The number of hydrogen-bond acceptors (Lipinski definition) is 3. The number of nitrogens with zero attached hydrogens (tertiary/aromatic N) is 7. The van der Waals surface area contributed by atoms with E-state index in [0.29, 0.717) is 0 Å². The Hall–Kier alpha value is -14.4. The van der Waals surface area contributed by atoms with E-state index >= 15 is 0 Å². The summed E-state index contributed by atoms with van der Waals surface area (Å²) in [5.41, 5.74) is 22.5. The third-order valence-electron chi connectivity index (χ3n) is 26.8. The first-order valence-electron chi connectivity index (χ1n) is 46.3. The minimum atomic E-state index is -0.0480. The summed E-state index contributed by atoms with van der Waals surface area (Å²) >= 11 is 3.81. The molecule has 0 bridgehead atoms. The van der Waals surface area contributed by atoms with Crippen LogP contribution in [0.1, 0.15) is 141 Å². The number of fused-ring (bicyclic) bond motifs is 32. The van der Waals surface area contributed by atoms with Gasteiger partial charge in [-0.25, -0.2) is 0 Å². The zero-order valence-corrected chi connectivity index (χ0v) is 79.1. The van der Waals surface area contributed by atoms with Gasteiger partial charge in [0.05, 0.1) is 54.4 Å². The molecule has 0 aliphatic heterocycles. The SMILES string of the molecule is C.C.C.C.C.CC(C)(C)n1c2ccccc2c2cc3c(cc21)c1ccccc1n3-c1ccccc1.CC(C)(C)n1c2ccccc2c2cc3oc4ccccc4c3cc21.CC(C)(C)n1c2ccccc2c2cc3sc4ccccc4c3cc21.CC(C)(C)n1c2ccccc2c2ccc3c4ccccc4n(-c4ccccc4)c3c21.CC(C)(C)n1c2ccccc2c2ccc3c4ccccc4sc3c21. The standard InChI is InChI=1S/2C28H24N2.C22H19NO.2C22H19NS.5CH4/c1-28(2,3)30-25-16-10-8-14-21(25)23-17-26-22(18-27(23)30)20-13-7-9-15-24(20)29(26)19-11-5-4-6-12-19;1-28(2,3)30-25-16-10-8-14-21(25)23-18-17-22-20-13-7-9-15-24(20)29(26(22)27(23)30)19-11-5-4-6-12-19;2*1-22(2,3)23-18-10-6-4-8-14(18)16-13-21-17(12-19(16)23)15-9-5-7-11-20(15)24-21;1-22(2,3)23-18-10-6-4-8-14(18)16-12-13-17-15-9-5-7-11-19(15)24-21(17)20(16)23;;;;;/h2*4-18H,1-3H3;3*4-13H,1-3H3;5*1H4. The van der Waals surface area contributed by atoms with Crippen molar-refractivity contribution in [3.8, 4) is 11.4 Å². The number of para-hydroxylation sites is 10. The normalized spacial score (nSPS) is 12.2. The molecule has 0 aliphatic rings. The second kappa shape index (κ2) is 34.7. The van der Waals surface area contributed by atoms with Gasteiger partial charge in [-0.3, -0.25) is 0 Å². The summed E-state index contributed by atoms with van der Waals surface area (Å²) in [5.74, 6) is 0. The molecule has 0 aliphatic carbocycles. The minimum absolute atomic E-state index is 0. The third kappa shape index (κ3) is 15.1. The molecule has 0 amide bonds. The smallest absolute Gasteiger partial charge is 0.136 e. The Balaban J connectivity index is 0.000000113. The Morgan fingerprint density at radius 1 is 0.175 bits per heavy atom. The maximum absolute atomic E-state index is 6.10. The molecule has 0 radical (unpaired) electrons. The van der Waals surface area contributed by atoms with Crippen LogP contribution >= 0.6 is 22.7 Å². The van der Waals surface area contributed by atoms with Crippen LogP contribution in [-0.4, -0.2) is 32.0 Å². The first-order valence-corrected chi connectivity index (χ1v) is 47.9. The van der Waals surface area contributed by atoms with Crippen LogP contribution in [-0.2, 0) is 27.7 Å². The van der Waals surface area contributed by atoms with E-state index in [1.165, 1.54) is 215 Å². The van der Waals surface area contributed by atoms with Gasteiger partial charge in [0.25, 0.3) is 0 Å². The summed E-state index contributed by atoms with van der Waals surface area (Å²) in [6.45, 7) is 34.3. The molecular formula is C127H125N7OS2. The van der Waals surface area contributed by atoms with E-state index < -0.39 is 0 Å². The Morgan fingerprint density at radius 2 is 0.467 bits per heavy atom. The van der Waals surface area contributed by atoms with Crippen molar-refractivity contribution in [3.63, 3.8) is 0 Å². The predicted molar refractivity (Wildman–Crippen MR) is 608 cm³/mol. The molecule has 0 spiro atoms. The summed E-state index contributed by atoms with van der Waals surface area (Å²) in [4.78, 5) is 0. The summed E-state index contributed by atoms with van der Waals surface area (Å²) in [7, 11) is 0. The number of aromatic nitrogens is 7. The van der Waals surface area contributed by atoms with Gasteiger partial charge in [0.2, 0.25) is 0 Å². The number of furan rings is 1. The molecule has 686 valence electrons. The van der Waals surface area contributed by atoms with Crippen molar-refractivity contribution < 1.29 is 4.42 Å². The van der Waals surface area contributed by atoms with Gasteiger partial charge in [0.15, 0.2) is 0 Å². The van der Waals surface area contributed by atoms with Crippen LogP contribution in [0.15, 0.2) is 368 Å². The Labute approximate surface area is 812 Å². The molecule has 17 aromatic carbocycles. The lowest BCUT2D eigenvalue weighted by molar-refractivity contribution is 0.423. The summed E-state index contributed by atoms with van der Waals surface area (Å²) < 4.78 is 28.9. The molecule has 27 aromatic rings. The van der Waals surface area contributed by atoms with Crippen LogP contribution < -0.4 is 0 Å². The molecule has 0 saturated carbocycles. The molecule has 27 rings (SSSR count).